The highest BCUT2D eigenvalue weighted by Crippen LogP contribution is 2.24. The number of benzene rings is 1. The van der Waals surface area contributed by atoms with E-state index in [1.807, 2.05) is 12.1 Å². The number of hydrogen-bond donors (Lipinski definition) is 2. The number of nitrogens with one attached hydrogen (secondary N) is 1. The molecular weight excluding hydrogens is 299 g/mol. The molecule has 3 N–H and O–H groups in total. The van der Waals surface area contributed by atoms with Gasteiger partial charge in [0, 0.05) is 16.6 Å². The molecule has 1 heterocycles. The van der Waals surface area contributed by atoms with Crippen LogP contribution in [-0.2, 0) is 6.42 Å². The fourth-order valence-corrected chi connectivity index (χ4v) is 2.23. The van der Waals surface area contributed by atoms with E-state index in [1.54, 1.807) is 6.07 Å². The van der Waals surface area contributed by atoms with Gasteiger partial charge in [-0.15, -0.1) is 0 Å². The fourth-order valence-electron chi connectivity index (χ4n) is 1.72. The minimum atomic E-state index is 0.354. The molecule has 0 spiro atoms. The normalized spacial score (nSPS) is 10.3. The van der Waals surface area contributed by atoms with Crippen molar-refractivity contribution >= 4 is 34.7 Å². The van der Waals surface area contributed by atoms with Crippen molar-refractivity contribution < 1.29 is 4.74 Å². The Morgan fingerprint density at radius 3 is 2.80 bits per heavy atom. The van der Waals surface area contributed by atoms with Gasteiger partial charge in [0.2, 0.25) is 5.88 Å². The van der Waals surface area contributed by atoms with E-state index in [1.165, 1.54) is 13.4 Å². The van der Waals surface area contributed by atoms with Crippen LogP contribution in [0.2, 0.25) is 10.0 Å². The van der Waals surface area contributed by atoms with Crippen molar-refractivity contribution in [2.45, 2.75) is 6.42 Å². The van der Waals surface area contributed by atoms with E-state index < -0.39 is 0 Å². The lowest BCUT2D eigenvalue weighted by molar-refractivity contribution is 0.399. The number of nitrogens with two attached hydrogens (primary N) is 1. The standard InChI is InChI=1S/C13H14Cl2N4O/c1-20-13-11(16)12(18-7-19-13)17-5-4-8-2-3-9(14)6-10(8)15/h2-3,6-7H,4-5,16H2,1H3,(H,17,18,19). The van der Waals surface area contributed by atoms with E-state index in [-0.39, 0.29) is 0 Å². The highest BCUT2D eigenvalue weighted by Gasteiger charge is 2.08. The first-order valence-corrected chi connectivity index (χ1v) is 6.69. The van der Waals surface area contributed by atoms with Gasteiger partial charge < -0.3 is 15.8 Å². The second kappa shape index (κ2) is 6.63. The first-order valence-electron chi connectivity index (χ1n) is 5.94. The van der Waals surface area contributed by atoms with Crippen molar-refractivity contribution in [1.29, 1.82) is 0 Å². The molecule has 0 unspecified atom stereocenters. The zero-order valence-corrected chi connectivity index (χ0v) is 12.4. The van der Waals surface area contributed by atoms with Crippen LogP contribution in [0.3, 0.4) is 0 Å². The Morgan fingerprint density at radius 1 is 1.30 bits per heavy atom. The van der Waals surface area contributed by atoms with E-state index in [0.717, 1.165) is 12.0 Å². The summed E-state index contributed by atoms with van der Waals surface area (Å²) in [6.07, 6.45) is 2.12. The maximum Gasteiger partial charge on any atom is 0.242 e. The molecule has 1 aromatic heterocycles. The summed E-state index contributed by atoms with van der Waals surface area (Å²) in [5.74, 6) is 0.897. The zero-order valence-electron chi connectivity index (χ0n) is 10.9. The second-order valence-electron chi connectivity index (χ2n) is 4.06. The molecule has 5 nitrogen and oxygen atoms in total. The van der Waals surface area contributed by atoms with Crippen molar-refractivity contribution in [3.05, 3.63) is 40.1 Å². The predicted octanol–water partition coefficient (Wildman–Crippen LogP) is 3.03. The van der Waals surface area contributed by atoms with E-state index >= 15 is 0 Å². The molecule has 0 aliphatic carbocycles. The number of ether oxygens (including phenoxy) is 1. The quantitative estimate of drug-likeness (QED) is 0.887. The van der Waals surface area contributed by atoms with Gasteiger partial charge in [-0.2, -0.15) is 4.98 Å². The van der Waals surface area contributed by atoms with Crippen LogP contribution in [0.15, 0.2) is 24.5 Å². The molecule has 0 aliphatic rings. The van der Waals surface area contributed by atoms with Crippen molar-refractivity contribution in [3.8, 4) is 5.88 Å². The van der Waals surface area contributed by atoms with Gasteiger partial charge in [0.15, 0.2) is 5.82 Å². The lowest BCUT2D eigenvalue weighted by atomic mass is 10.1. The van der Waals surface area contributed by atoms with Gasteiger partial charge in [0.25, 0.3) is 0 Å². The minimum absolute atomic E-state index is 0.354. The van der Waals surface area contributed by atoms with Crippen LogP contribution in [-0.4, -0.2) is 23.6 Å². The molecule has 7 heteroatoms. The number of nitrogens with zero attached hydrogens (tertiary/aromatic N) is 2. The zero-order chi connectivity index (χ0) is 14.5. The van der Waals surface area contributed by atoms with Crippen LogP contribution in [0, 0.1) is 0 Å². The van der Waals surface area contributed by atoms with Crippen LogP contribution < -0.4 is 15.8 Å². The summed E-state index contributed by atoms with van der Waals surface area (Å²) in [7, 11) is 1.51. The summed E-state index contributed by atoms with van der Waals surface area (Å²) in [5, 5.41) is 4.40. The molecule has 0 bridgehead atoms. The summed E-state index contributed by atoms with van der Waals surface area (Å²) in [4.78, 5) is 7.99. The van der Waals surface area contributed by atoms with Crippen LogP contribution in [0.4, 0.5) is 11.5 Å². The Kier molecular flexibility index (Phi) is 4.87. The summed E-state index contributed by atoms with van der Waals surface area (Å²) >= 11 is 12.0. The Labute approximate surface area is 127 Å². The van der Waals surface area contributed by atoms with Crippen LogP contribution in [0.25, 0.3) is 0 Å². The molecule has 0 aliphatic heterocycles. The lowest BCUT2D eigenvalue weighted by Crippen LogP contribution is -2.10. The third-order valence-corrected chi connectivity index (χ3v) is 3.33. The number of hydrogen-bond acceptors (Lipinski definition) is 5. The smallest absolute Gasteiger partial charge is 0.242 e. The highest BCUT2D eigenvalue weighted by molar-refractivity contribution is 6.35. The van der Waals surface area contributed by atoms with E-state index in [2.05, 4.69) is 15.3 Å². The predicted molar refractivity (Wildman–Crippen MR) is 81.7 cm³/mol. The average Bonchev–Trinajstić information content (AvgIpc) is 2.43. The van der Waals surface area contributed by atoms with Gasteiger partial charge in [0.05, 0.1) is 7.11 Å². The number of aromatic nitrogens is 2. The second-order valence-corrected chi connectivity index (χ2v) is 4.90. The molecule has 0 radical (unpaired) electrons. The van der Waals surface area contributed by atoms with E-state index in [4.69, 9.17) is 33.7 Å². The molecule has 2 rings (SSSR count). The molecular formula is C13H14Cl2N4O. The maximum absolute atomic E-state index is 6.11. The number of anilines is 2. The molecule has 20 heavy (non-hydrogen) atoms. The van der Waals surface area contributed by atoms with Gasteiger partial charge in [-0.1, -0.05) is 29.3 Å². The first kappa shape index (κ1) is 14.7. The van der Waals surface area contributed by atoms with Gasteiger partial charge in [-0.3, -0.25) is 0 Å². The lowest BCUT2D eigenvalue weighted by Gasteiger charge is -2.10. The fraction of sp³-hybridized carbons (Fsp3) is 0.231. The Bertz CT molecular complexity index is 607. The minimum Gasteiger partial charge on any atom is -0.479 e. The van der Waals surface area contributed by atoms with Crippen LogP contribution in [0.1, 0.15) is 5.56 Å². The summed E-state index contributed by atoms with van der Waals surface area (Å²) in [6.45, 7) is 0.631. The van der Waals surface area contributed by atoms with Crippen molar-refractivity contribution in [2.24, 2.45) is 0 Å². The third-order valence-electron chi connectivity index (χ3n) is 2.74. The van der Waals surface area contributed by atoms with Crippen LogP contribution in [0.5, 0.6) is 5.88 Å². The SMILES string of the molecule is COc1ncnc(NCCc2ccc(Cl)cc2Cl)c1N. The van der Waals surface area contributed by atoms with Gasteiger partial charge in [-0.25, -0.2) is 4.98 Å². The number of halogens is 2. The maximum atomic E-state index is 6.11. The average molecular weight is 313 g/mol. The monoisotopic (exact) mass is 312 g/mol. The van der Waals surface area contributed by atoms with Crippen molar-refractivity contribution in [3.63, 3.8) is 0 Å². The van der Waals surface area contributed by atoms with Gasteiger partial charge >= 0.3 is 0 Å². The third kappa shape index (κ3) is 3.43. The molecule has 0 saturated heterocycles. The first-order chi connectivity index (χ1) is 9.61. The van der Waals surface area contributed by atoms with E-state index in [0.29, 0.717) is 34.0 Å². The highest BCUT2D eigenvalue weighted by atomic mass is 35.5. The van der Waals surface area contributed by atoms with Crippen molar-refractivity contribution in [1.82, 2.24) is 9.97 Å². The molecule has 106 valence electrons. The molecule has 2 aromatic rings. The Hall–Kier alpha value is -1.72. The van der Waals surface area contributed by atoms with Crippen LogP contribution >= 0.6 is 23.2 Å². The molecule has 0 atom stereocenters. The van der Waals surface area contributed by atoms with Crippen molar-refractivity contribution in [2.75, 3.05) is 24.7 Å². The molecule has 1 aromatic carbocycles. The summed E-state index contributed by atoms with van der Waals surface area (Å²) < 4.78 is 5.03. The van der Waals surface area contributed by atoms with E-state index in [9.17, 15) is 0 Å². The van der Waals surface area contributed by atoms with Gasteiger partial charge in [-0.05, 0) is 24.1 Å². The topological polar surface area (TPSA) is 73.1 Å². The number of methoxy groups -OCH3 is 1. The molecule has 0 fully saturated rings. The molecule has 0 saturated carbocycles. The Balaban J connectivity index is 1.99. The number of rotatable bonds is 5. The summed E-state index contributed by atoms with van der Waals surface area (Å²) in [5.41, 5.74) is 7.26. The summed E-state index contributed by atoms with van der Waals surface area (Å²) in [6, 6.07) is 5.43. The Morgan fingerprint density at radius 2 is 2.10 bits per heavy atom. The van der Waals surface area contributed by atoms with Gasteiger partial charge in [0.1, 0.15) is 12.0 Å². The largest absolute Gasteiger partial charge is 0.479 e. The number of nitrogen functional groups attached to an aromatic ring is 1. The molecule has 0 amide bonds.